The van der Waals surface area contributed by atoms with Crippen LogP contribution in [0.15, 0.2) is 213 Å². The SMILES string of the molecule is Fc1cc(F)cc(-c2cc(-n3c4ccccc4c4ccc(-c5ccnc(-c6ccccc6)c5)cc43)c(C(F)(F)F)c(-n3c4ccccc4c4ccc(-c5ccnc(-c6ccccc6)c5)cc43)c2)c1. The van der Waals surface area contributed by atoms with E-state index in [0.29, 0.717) is 22.1 Å². The quantitative estimate of drug-likeness (QED) is 0.149. The maximum Gasteiger partial charge on any atom is 0.420 e. The van der Waals surface area contributed by atoms with Crippen molar-refractivity contribution in [3.05, 3.63) is 230 Å². The summed E-state index contributed by atoms with van der Waals surface area (Å²) in [7, 11) is 0. The third kappa shape index (κ3) is 6.98. The molecule has 4 heterocycles. The topological polar surface area (TPSA) is 35.6 Å². The Bertz CT molecular complexity index is 3690. The largest absolute Gasteiger partial charge is 0.420 e. The van der Waals surface area contributed by atoms with E-state index in [2.05, 4.69) is 9.97 Å². The molecular weight excluding hydrogens is 860 g/mol. The van der Waals surface area contributed by atoms with Gasteiger partial charge in [-0.05, 0) is 106 Å². The van der Waals surface area contributed by atoms with Crippen LogP contribution in [-0.2, 0) is 6.18 Å². The smallest absolute Gasteiger partial charge is 0.309 e. The zero-order chi connectivity index (χ0) is 46.1. The van der Waals surface area contributed by atoms with Crippen LogP contribution in [0, 0.1) is 11.6 Å². The van der Waals surface area contributed by atoms with Crippen molar-refractivity contribution in [2.24, 2.45) is 0 Å². The number of alkyl halides is 3. The summed E-state index contributed by atoms with van der Waals surface area (Å²) >= 11 is 0. The Morgan fingerprint density at radius 2 is 0.721 bits per heavy atom. The lowest BCUT2D eigenvalue weighted by Crippen LogP contribution is -2.16. The van der Waals surface area contributed by atoms with Crippen molar-refractivity contribution in [2.75, 3.05) is 0 Å². The van der Waals surface area contributed by atoms with E-state index in [1.165, 1.54) is 12.1 Å². The standard InChI is InChI=1S/C59H35F5N4/c60-44-27-42(28-45(61)35-44)43-33-56(67-52-17-9-7-15-46(52)48-21-19-38(31-54(48)67)40-23-25-65-50(29-40)36-11-3-1-4-12-36)58(59(62,63)64)57(34-43)68-53-18-10-8-16-47(53)49-22-20-39(32-55(49)68)41-24-26-66-51(30-41)37-13-5-2-6-14-37/h1-35H. The fourth-order valence-electron chi connectivity index (χ4n) is 9.72. The molecule has 4 aromatic heterocycles. The summed E-state index contributed by atoms with van der Waals surface area (Å²) in [5.41, 5.74) is 7.51. The maximum atomic E-state index is 16.7. The van der Waals surface area contributed by atoms with Crippen molar-refractivity contribution in [3.8, 4) is 67.3 Å². The third-order valence-electron chi connectivity index (χ3n) is 12.7. The van der Waals surface area contributed by atoms with Crippen LogP contribution in [-0.4, -0.2) is 19.1 Å². The van der Waals surface area contributed by atoms with E-state index < -0.39 is 23.4 Å². The second-order valence-corrected chi connectivity index (χ2v) is 16.8. The Kier molecular flexibility index (Phi) is 9.62. The van der Waals surface area contributed by atoms with Crippen LogP contribution in [0.3, 0.4) is 0 Å². The van der Waals surface area contributed by atoms with Crippen LogP contribution >= 0.6 is 0 Å². The molecule has 0 aliphatic carbocycles. The number of halogens is 5. The second kappa shape index (κ2) is 16.0. The first-order valence-corrected chi connectivity index (χ1v) is 22.0. The molecule has 12 rings (SSSR count). The van der Waals surface area contributed by atoms with Gasteiger partial charge in [-0.3, -0.25) is 9.97 Å². The Morgan fingerprint density at radius 3 is 1.18 bits per heavy atom. The molecule has 0 unspecified atom stereocenters. The van der Waals surface area contributed by atoms with E-state index in [1.54, 1.807) is 45.8 Å². The molecule has 0 saturated carbocycles. The van der Waals surface area contributed by atoms with Gasteiger partial charge in [0, 0.05) is 51.1 Å². The first kappa shape index (κ1) is 40.8. The molecule has 0 radical (unpaired) electrons. The lowest BCUT2D eigenvalue weighted by atomic mass is 9.98. The summed E-state index contributed by atoms with van der Waals surface area (Å²) in [6, 6.07) is 59.3. The number of benzene rings is 8. The van der Waals surface area contributed by atoms with Gasteiger partial charge in [0.1, 0.15) is 17.2 Å². The zero-order valence-corrected chi connectivity index (χ0v) is 35.9. The molecule has 9 heteroatoms. The van der Waals surface area contributed by atoms with Crippen LogP contribution in [0.4, 0.5) is 22.0 Å². The van der Waals surface area contributed by atoms with Gasteiger partial charge in [0.2, 0.25) is 0 Å². The van der Waals surface area contributed by atoms with Gasteiger partial charge in [-0.2, -0.15) is 13.2 Å². The number of para-hydroxylation sites is 2. The third-order valence-corrected chi connectivity index (χ3v) is 12.7. The van der Waals surface area contributed by atoms with E-state index in [-0.39, 0.29) is 22.5 Å². The molecule has 0 saturated heterocycles. The predicted octanol–water partition coefficient (Wildman–Crippen LogP) is 16.3. The molecule has 4 nitrogen and oxygen atoms in total. The number of hydrogen-bond acceptors (Lipinski definition) is 2. The molecule has 0 aliphatic rings. The van der Waals surface area contributed by atoms with Crippen molar-refractivity contribution in [1.29, 1.82) is 0 Å². The molecule has 0 N–H and O–H groups in total. The summed E-state index contributed by atoms with van der Waals surface area (Å²) < 4.78 is 83.8. The molecule has 8 aromatic carbocycles. The van der Waals surface area contributed by atoms with Crippen molar-refractivity contribution in [3.63, 3.8) is 0 Å². The summed E-state index contributed by atoms with van der Waals surface area (Å²) in [4.78, 5) is 9.23. The fourth-order valence-corrected chi connectivity index (χ4v) is 9.72. The highest BCUT2D eigenvalue weighted by Gasteiger charge is 2.39. The van der Waals surface area contributed by atoms with Crippen LogP contribution in [0.2, 0.25) is 0 Å². The fraction of sp³-hybridized carbons (Fsp3) is 0.0169. The number of hydrogen-bond donors (Lipinski definition) is 0. The van der Waals surface area contributed by atoms with Gasteiger partial charge >= 0.3 is 6.18 Å². The summed E-state index contributed by atoms with van der Waals surface area (Å²) in [5, 5.41) is 2.93. The molecule has 68 heavy (non-hydrogen) atoms. The van der Waals surface area contributed by atoms with Gasteiger partial charge in [-0.15, -0.1) is 0 Å². The minimum absolute atomic E-state index is 0.0806. The number of pyridine rings is 2. The molecule has 326 valence electrons. The summed E-state index contributed by atoms with van der Waals surface area (Å²) in [6.45, 7) is 0. The van der Waals surface area contributed by atoms with Gasteiger partial charge in [0.15, 0.2) is 0 Å². The lowest BCUT2D eigenvalue weighted by molar-refractivity contribution is -0.137. The monoisotopic (exact) mass is 894 g/mol. The average molecular weight is 895 g/mol. The van der Waals surface area contributed by atoms with E-state index in [1.807, 2.05) is 146 Å². The minimum Gasteiger partial charge on any atom is -0.309 e. The number of nitrogens with zero attached hydrogens (tertiary/aromatic N) is 4. The minimum atomic E-state index is -4.95. The average Bonchev–Trinajstić information content (AvgIpc) is 3.88. The van der Waals surface area contributed by atoms with Crippen LogP contribution in [0.5, 0.6) is 0 Å². The first-order valence-electron chi connectivity index (χ1n) is 22.0. The zero-order valence-electron chi connectivity index (χ0n) is 35.9. The van der Waals surface area contributed by atoms with Crippen molar-refractivity contribution in [1.82, 2.24) is 19.1 Å². The van der Waals surface area contributed by atoms with E-state index in [4.69, 9.17) is 0 Å². The van der Waals surface area contributed by atoms with Gasteiger partial charge in [-0.25, -0.2) is 8.78 Å². The highest BCUT2D eigenvalue weighted by molar-refractivity contribution is 6.12. The Hall–Kier alpha value is -8.69. The second-order valence-electron chi connectivity index (χ2n) is 16.8. The van der Waals surface area contributed by atoms with Gasteiger partial charge in [0.05, 0.1) is 44.8 Å². The highest BCUT2D eigenvalue weighted by atomic mass is 19.4. The molecule has 0 spiro atoms. The van der Waals surface area contributed by atoms with Crippen molar-refractivity contribution in [2.45, 2.75) is 6.18 Å². The first-order chi connectivity index (χ1) is 33.2. The summed E-state index contributed by atoms with van der Waals surface area (Å²) in [6.07, 6.45) is -1.51. The number of aromatic nitrogens is 4. The summed E-state index contributed by atoms with van der Waals surface area (Å²) in [5.74, 6) is -1.71. The highest BCUT2D eigenvalue weighted by Crippen LogP contribution is 2.47. The number of rotatable bonds is 7. The predicted molar refractivity (Wildman–Crippen MR) is 263 cm³/mol. The van der Waals surface area contributed by atoms with Crippen LogP contribution in [0.25, 0.3) is 111 Å². The van der Waals surface area contributed by atoms with E-state index >= 15 is 22.0 Å². The van der Waals surface area contributed by atoms with Gasteiger partial charge < -0.3 is 9.13 Å². The molecule has 0 bridgehead atoms. The molecule has 12 aromatic rings. The lowest BCUT2D eigenvalue weighted by Gasteiger charge is -2.23. The Morgan fingerprint density at radius 1 is 0.324 bits per heavy atom. The molecule has 0 fully saturated rings. The number of fused-ring (bicyclic) bond motifs is 6. The normalized spacial score (nSPS) is 11.9. The van der Waals surface area contributed by atoms with Crippen LogP contribution < -0.4 is 0 Å². The van der Waals surface area contributed by atoms with E-state index in [0.717, 1.165) is 84.5 Å². The maximum absolute atomic E-state index is 16.7. The molecular formula is C59H35F5N4. The molecule has 0 aliphatic heterocycles. The molecule has 0 amide bonds. The Labute approximate surface area is 386 Å². The van der Waals surface area contributed by atoms with Crippen LogP contribution in [0.1, 0.15) is 5.56 Å². The van der Waals surface area contributed by atoms with E-state index in [9.17, 15) is 0 Å². The van der Waals surface area contributed by atoms with Gasteiger partial charge in [0.25, 0.3) is 0 Å². The Balaban J connectivity index is 1.17. The van der Waals surface area contributed by atoms with Crippen molar-refractivity contribution >= 4 is 43.6 Å². The molecule has 0 atom stereocenters. The van der Waals surface area contributed by atoms with Gasteiger partial charge in [-0.1, -0.05) is 121 Å². The van der Waals surface area contributed by atoms with Crippen molar-refractivity contribution < 1.29 is 22.0 Å².